The Balaban J connectivity index is 0.000000214. The second kappa shape index (κ2) is 34.1. The summed E-state index contributed by atoms with van der Waals surface area (Å²) in [5, 5.41) is 0. The number of para-hydroxylation sites is 1. The van der Waals surface area contributed by atoms with Gasteiger partial charge in [-0.25, -0.2) is 28.4 Å². The predicted octanol–water partition coefficient (Wildman–Crippen LogP) is 16.0. The molecule has 0 radical (unpaired) electrons. The highest BCUT2D eigenvalue weighted by molar-refractivity contribution is 7.49. The summed E-state index contributed by atoms with van der Waals surface area (Å²) in [4.78, 5) is 37.7. The van der Waals surface area contributed by atoms with E-state index in [0.29, 0.717) is 98.9 Å². The molecule has 20 nitrogen and oxygen atoms in total. The molecule has 0 N–H and O–H groups in total. The molecule has 5 heterocycles. The number of benzene rings is 4. The van der Waals surface area contributed by atoms with Crippen molar-refractivity contribution < 1.29 is 102 Å². The van der Waals surface area contributed by atoms with Crippen LogP contribution in [0, 0.1) is 13.5 Å². The van der Waals surface area contributed by atoms with Crippen LogP contribution in [0.25, 0.3) is 4.85 Å². The van der Waals surface area contributed by atoms with E-state index < -0.39 is 45.0 Å². The molecule has 4 aromatic rings. The number of phosphoric acid groups is 2. The lowest BCUT2D eigenvalue weighted by molar-refractivity contribution is -0.201. The van der Waals surface area contributed by atoms with Gasteiger partial charge in [0.1, 0.15) is 59.3 Å². The quantitative estimate of drug-likeness (QED) is 0.0161. The van der Waals surface area contributed by atoms with E-state index in [1.165, 1.54) is 11.1 Å². The second-order valence-corrected chi connectivity index (χ2v) is 27.4. The van der Waals surface area contributed by atoms with Gasteiger partial charge in [-0.15, -0.1) is 0 Å². The molecule has 510 valence electrons. The molecule has 5 aliphatic heterocycles. The molecule has 0 bridgehead atoms. The Bertz CT molecular complexity index is 3150. The van der Waals surface area contributed by atoms with E-state index in [1.807, 2.05) is 71.0 Å². The standard InChI is InChI=1S/C20H25O5P.C17H24O3.C16H19NO3.C8H17O5P.C6H7F3O3/c1-4-16(2)17-10-12-19(13-11-17)25-26(21,23-15-20(3)14-22-20)24-18-8-6-5-7-9-18;1-5-12(3)14-7-8-15(13(4)9-14)16(18)19-10-17(6-2)11-20-17;1-5-11(2)12-6-7-13(14(8-12)17-4)15(18)19-9-16(3)10-20-16;1-4-11-14(9,12-5-2)13-7-8(3)6-10-8;1-5(3-12-5)2-11-4(10)6(7,8)9/h5-13,16H,4,14-15H2,1-3H3;7-9,12H,5-6,10-11H2,1-4H3;6-8,11H,5,9-10H2,1-3H3;4-7H2,1-3H3;2-3H2,1H3. The maximum Gasteiger partial charge on any atom is 0.587 e. The van der Waals surface area contributed by atoms with Gasteiger partial charge in [0.15, 0.2) is 0 Å². The topological polar surface area (TPSA) is 235 Å². The van der Waals surface area contributed by atoms with Crippen molar-refractivity contribution in [2.45, 2.75) is 175 Å². The van der Waals surface area contributed by atoms with E-state index in [4.69, 9.17) is 66.9 Å². The zero-order valence-corrected chi connectivity index (χ0v) is 57.2. The van der Waals surface area contributed by atoms with Gasteiger partial charge in [-0.3, -0.25) is 18.1 Å². The number of phosphoric ester groups is 2. The number of epoxide rings is 5. The molecular formula is C67H92F3NO19P2. The summed E-state index contributed by atoms with van der Waals surface area (Å²) in [5.74, 6) is -0.655. The van der Waals surface area contributed by atoms with Crippen LogP contribution in [0.3, 0.4) is 0 Å². The molecule has 5 fully saturated rings. The van der Waals surface area contributed by atoms with E-state index in [-0.39, 0.29) is 49.2 Å². The Morgan fingerprint density at radius 1 is 0.533 bits per heavy atom. The van der Waals surface area contributed by atoms with Crippen LogP contribution in [0.4, 0.5) is 18.9 Å². The summed E-state index contributed by atoms with van der Waals surface area (Å²) >= 11 is 0. The number of nitrogens with zero attached hydrogens (tertiary/aromatic N) is 1. The van der Waals surface area contributed by atoms with Crippen molar-refractivity contribution in [3.63, 3.8) is 0 Å². The van der Waals surface area contributed by atoms with E-state index in [2.05, 4.69) is 57.2 Å². The van der Waals surface area contributed by atoms with Crippen LogP contribution in [-0.4, -0.2) is 131 Å². The Kier molecular flexibility index (Phi) is 28.5. The fourth-order valence-corrected chi connectivity index (χ4v) is 10.4. The van der Waals surface area contributed by atoms with Crippen molar-refractivity contribution in [1.82, 2.24) is 0 Å². The van der Waals surface area contributed by atoms with Crippen LogP contribution in [0.2, 0.25) is 0 Å². The maximum atomic E-state index is 13.2. The van der Waals surface area contributed by atoms with Gasteiger partial charge in [-0.1, -0.05) is 115 Å². The van der Waals surface area contributed by atoms with E-state index in [1.54, 1.807) is 69.3 Å². The summed E-state index contributed by atoms with van der Waals surface area (Å²) in [6, 6.07) is 27.8. The number of ether oxygens (including phenoxy) is 8. The lowest BCUT2D eigenvalue weighted by Crippen LogP contribution is -2.29. The average molecular weight is 1330 g/mol. The largest absolute Gasteiger partial charge is 0.587 e. The third-order valence-corrected chi connectivity index (χ3v) is 18.4. The molecule has 9 rings (SSSR count). The first-order valence-corrected chi connectivity index (χ1v) is 33.9. The van der Waals surface area contributed by atoms with E-state index in [9.17, 15) is 36.7 Å². The second-order valence-electron chi connectivity index (χ2n) is 24.2. The third kappa shape index (κ3) is 25.9. The average Bonchev–Trinajstić information content (AvgIpc) is 1.48. The van der Waals surface area contributed by atoms with Gasteiger partial charge in [0.05, 0.1) is 77.2 Å². The minimum Gasteiger partial charge on any atom is -0.460 e. The lowest BCUT2D eigenvalue weighted by Gasteiger charge is -2.20. The normalized spacial score (nSPS) is 23.7. The van der Waals surface area contributed by atoms with Crippen molar-refractivity contribution >= 4 is 39.2 Å². The fraction of sp³-hybridized carbons (Fsp3) is 0.582. The molecule has 9 atom stereocenters. The molecule has 0 aliphatic carbocycles. The smallest absolute Gasteiger partial charge is 0.460 e. The highest BCUT2D eigenvalue weighted by atomic mass is 31.2. The SMILES string of the molecule is CC1(COC(=O)C(F)(F)F)CO1.CCC(C)c1ccc(C(=O)OCC2(CC)CO2)c(C)c1.CCC(C)c1ccc(OP(=O)(OCC2(C)CO2)Oc2ccccc2)cc1.CCOP(=O)(OCC)OCC1(C)CO1.[C-]#[N+]c1cc(C(C)CC)ccc1C(=O)OCC1(C)CO1. The summed E-state index contributed by atoms with van der Waals surface area (Å²) in [6.45, 7) is 38.9. The van der Waals surface area contributed by atoms with Crippen LogP contribution in [-0.2, 0) is 69.9 Å². The predicted molar refractivity (Wildman–Crippen MR) is 338 cm³/mol. The fourth-order valence-electron chi connectivity index (χ4n) is 7.77. The van der Waals surface area contributed by atoms with Crippen molar-refractivity contribution in [2.24, 2.45) is 0 Å². The monoisotopic (exact) mass is 1330 g/mol. The number of esters is 3. The number of carbonyl (C=O) groups is 3. The maximum absolute atomic E-state index is 13.2. The van der Waals surface area contributed by atoms with Gasteiger partial charge in [-0.05, 0) is 139 Å². The van der Waals surface area contributed by atoms with Gasteiger partial charge >= 0.3 is 39.7 Å². The molecule has 92 heavy (non-hydrogen) atoms. The molecule has 5 aliphatic rings. The summed E-state index contributed by atoms with van der Waals surface area (Å²) < 4.78 is 132. The number of halogens is 3. The van der Waals surface area contributed by atoms with E-state index in [0.717, 1.165) is 36.8 Å². The Morgan fingerprint density at radius 2 is 0.935 bits per heavy atom. The summed E-state index contributed by atoms with van der Waals surface area (Å²) in [6.07, 6.45) is -0.883. The van der Waals surface area contributed by atoms with Crippen molar-refractivity contribution in [3.05, 3.63) is 136 Å². The molecule has 9 unspecified atom stereocenters. The number of aryl methyl sites for hydroxylation is 1. The Hall–Kier alpha value is -5.73. The zero-order chi connectivity index (χ0) is 68.2. The number of hydrogen-bond acceptors (Lipinski definition) is 19. The van der Waals surface area contributed by atoms with Gasteiger partial charge in [0.2, 0.25) is 5.69 Å². The van der Waals surface area contributed by atoms with Crippen LogP contribution >= 0.6 is 15.6 Å². The zero-order valence-electron chi connectivity index (χ0n) is 55.4. The molecule has 5 saturated heterocycles. The van der Waals surface area contributed by atoms with Crippen LogP contribution < -0.4 is 9.05 Å². The summed E-state index contributed by atoms with van der Waals surface area (Å²) in [7, 11) is -7.20. The molecule has 0 amide bonds. The number of rotatable bonds is 29. The summed E-state index contributed by atoms with van der Waals surface area (Å²) in [5.41, 5.74) is 3.93. The lowest BCUT2D eigenvalue weighted by atomic mass is 9.95. The van der Waals surface area contributed by atoms with Crippen LogP contribution in [0.1, 0.15) is 176 Å². The minimum absolute atomic E-state index is 0.141. The first-order valence-electron chi connectivity index (χ1n) is 31.0. The highest BCUT2D eigenvalue weighted by Gasteiger charge is 2.48. The highest BCUT2D eigenvalue weighted by Crippen LogP contribution is 2.52. The number of carbonyl (C=O) groups excluding carboxylic acids is 3. The molecule has 0 aromatic heterocycles. The first kappa shape index (κ1) is 77.0. The number of alkyl halides is 3. The molecule has 0 saturated carbocycles. The number of hydrogen-bond donors (Lipinski definition) is 0. The van der Waals surface area contributed by atoms with Crippen LogP contribution in [0.5, 0.6) is 11.5 Å². The minimum atomic E-state index is -4.91. The van der Waals surface area contributed by atoms with Crippen molar-refractivity contribution in [3.8, 4) is 11.5 Å². The van der Waals surface area contributed by atoms with Crippen molar-refractivity contribution in [1.29, 1.82) is 0 Å². The molecule has 4 aromatic carbocycles. The van der Waals surface area contributed by atoms with Gasteiger partial charge in [0.25, 0.3) is 0 Å². The molecular weight excluding hydrogens is 1240 g/mol. The first-order chi connectivity index (χ1) is 43.3. The Morgan fingerprint density at radius 3 is 1.36 bits per heavy atom. The van der Waals surface area contributed by atoms with Gasteiger partial charge < -0.3 is 46.9 Å². The van der Waals surface area contributed by atoms with Gasteiger partial charge in [0, 0.05) is 0 Å². The van der Waals surface area contributed by atoms with Crippen molar-refractivity contribution in [2.75, 3.05) is 79.3 Å². The molecule has 25 heteroatoms. The molecule has 0 spiro atoms. The van der Waals surface area contributed by atoms with E-state index >= 15 is 0 Å². The third-order valence-electron chi connectivity index (χ3n) is 15.5. The Labute approximate surface area is 540 Å². The van der Waals surface area contributed by atoms with Gasteiger partial charge in [-0.2, -0.15) is 13.2 Å². The van der Waals surface area contributed by atoms with Crippen LogP contribution in [0.15, 0.2) is 91.0 Å².